The van der Waals surface area contributed by atoms with E-state index in [-0.39, 0.29) is 23.5 Å². The number of carbonyl (C=O) groups is 1. The average molecular weight is 262 g/mol. The van der Waals surface area contributed by atoms with Crippen molar-refractivity contribution in [3.8, 4) is 5.75 Å². The van der Waals surface area contributed by atoms with E-state index < -0.39 is 5.97 Å². The van der Waals surface area contributed by atoms with Gasteiger partial charge >= 0.3 is 5.97 Å². The van der Waals surface area contributed by atoms with Crippen LogP contribution < -0.4 is 0 Å². The molecule has 0 aliphatic heterocycles. The molecule has 104 valence electrons. The molecule has 1 aromatic rings. The zero-order chi connectivity index (χ0) is 14.2. The Morgan fingerprint density at radius 1 is 1.37 bits per heavy atom. The van der Waals surface area contributed by atoms with Gasteiger partial charge in [0.2, 0.25) is 0 Å². The summed E-state index contributed by atoms with van der Waals surface area (Å²) < 4.78 is 0. The molecule has 1 aliphatic rings. The number of aromatic hydroxyl groups is 1. The smallest absolute Gasteiger partial charge is 0.303 e. The van der Waals surface area contributed by atoms with Crippen molar-refractivity contribution in [2.75, 3.05) is 0 Å². The minimum atomic E-state index is -0.794. The van der Waals surface area contributed by atoms with Crippen molar-refractivity contribution >= 4 is 5.97 Å². The summed E-state index contributed by atoms with van der Waals surface area (Å²) in [6.45, 7) is 6.15. The molecule has 0 spiro atoms. The fraction of sp³-hybridized carbons (Fsp3) is 0.562. The molecule has 0 radical (unpaired) electrons. The molecule has 1 atom stereocenters. The Balaban J connectivity index is 2.40. The Hall–Kier alpha value is -1.51. The Morgan fingerprint density at radius 3 is 2.47 bits per heavy atom. The van der Waals surface area contributed by atoms with Gasteiger partial charge in [-0.15, -0.1) is 0 Å². The molecule has 3 nitrogen and oxygen atoms in total. The summed E-state index contributed by atoms with van der Waals surface area (Å²) in [5, 5.41) is 19.6. The number of benzene rings is 1. The van der Waals surface area contributed by atoms with Gasteiger partial charge in [-0.1, -0.05) is 39.0 Å². The summed E-state index contributed by atoms with van der Waals surface area (Å²) in [6.07, 6.45) is 2.24. The summed E-state index contributed by atoms with van der Waals surface area (Å²) in [5.74, 6) is -0.150. The summed E-state index contributed by atoms with van der Waals surface area (Å²) in [5.41, 5.74) is 1.55. The zero-order valence-electron chi connectivity index (χ0n) is 11.8. The predicted octanol–water partition coefficient (Wildman–Crippen LogP) is 3.66. The van der Waals surface area contributed by atoms with Gasteiger partial charge in [-0.05, 0) is 35.3 Å². The van der Waals surface area contributed by atoms with Crippen molar-refractivity contribution in [1.82, 2.24) is 0 Å². The minimum Gasteiger partial charge on any atom is -0.507 e. The maximum absolute atomic E-state index is 11.0. The van der Waals surface area contributed by atoms with Crippen molar-refractivity contribution in [2.45, 2.75) is 51.4 Å². The van der Waals surface area contributed by atoms with Gasteiger partial charge in [0.1, 0.15) is 5.75 Å². The SMILES string of the molecule is CC(C)(C)c1cccc(C(CC(=O)O)C2CC2)c1O. The molecule has 1 fully saturated rings. The van der Waals surface area contributed by atoms with E-state index >= 15 is 0 Å². The molecule has 1 aliphatic carbocycles. The molecule has 3 heteroatoms. The van der Waals surface area contributed by atoms with Gasteiger partial charge in [-0.3, -0.25) is 4.79 Å². The first kappa shape index (κ1) is 13.9. The van der Waals surface area contributed by atoms with Crippen LogP contribution in [-0.2, 0) is 10.2 Å². The van der Waals surface area contributed by atoms with E-state index in [1.807, 2.05) is 18.2 Å². The third-order valence-electron chi connectivity index (χ3n) is 3.86. The highest BCUT2D eigenvalue weighted by Crippen LogP contribution is 2.48. The van der Waals surface area contributed by atoms with Crippen LogP contribution in [0.4, 0.5) is 0 Å². The first-order chi connectivity index (χ1) is 8.80. The van der Waals surface area contributed by atoms with Crippen LogP contribution >= 0.6 is 0 Å². The lowest BCUT2D eigenvalue weighted by atomic mass is 9.81. The van der Waals surface area contributed by atoms with E-state index in [9.17, 15) is 9.90 Å². The lowest BCUT2D eigenvalue weighted by Gasteiger charge is -2.24. The first-order valence-corrected chi connectivity index (χ1v) is 6.85. The van der Waals surface area contributed by atoms with Crippen molar-refractivity contribution in [3.05, 3.63) is 29.3 Å². The van der Waals surface area contributed by atoms with Gasteiger partial charge in [0.15, 0.2) is 0 Å². The molecule has 0 heterocycles. The lowest BCUT2D eigenvalue weighted by Crippen LogP contribution is -2.14. The predicted molar refractivity (Wildman–Crippen MR) is 74.5 cm³/mol. The molecule has 1 unspecified atom stereocenters. The fourth-order valence-electron chi connectivity index (χ4n) is 2.68. The number of carboxylic acid groups (broad SMARTS) is 1. The van der Waals surface area contributed by atoms with Crippen LogP contribution in [0.3, 0.4) is 0 Å². The average Bonchev–Trinajstić information content (AvgIpc) is 3.08. The molecule has 0 saturated heterocycles. The van der Waals surface area contributed by atoms with Crippen LogP contribution in [0, 0.1) is 5.92 Å². The normalized spacial score (nSPS) is 17.2. The molecular formula is C16H22O3. The molecule has 2 N–H and O–H groups in total. The summed E-state index contributed by atoms with van der Waals surface area (Å²) in [7, 11) is 0. The van der Waals surface area contributed by atoms with Crippen LogP contribution in [0.25, 0.3) is 0 Å². The van der Waals surface area contributed by atoms with Crippen LogP contribution in [0.2, 0.25) is 0 Å². The van der Waals surface area contributed by atoms with Crippen LogP contribution in [0.15, 0.2) is 18.2 Å². The van der Waals surface area contributed by atoms with Crippen molar-refractivity contribution in [1.29, 1.82) is 0 Å². The zero-order valence-corrected chi connectivity index (χ0v) is 11.8. The second-order valence-corrected chi connectivity index (χ2v) is 6.54. The van der Waals surface area contributed by atoms with Crippen LogP contribution in [-0.4, -0.2) is 16.2 Å². The molecule has 1 saturated carbocycles. The molecule has 19 heavy (non-hydrogen) atoms. The Kier molecular flexibility index (Phi) is 3.57. The number of hydrogen-bond donors (Lipinski definition) is 2. The monoisotopic (exact) mass is 262 g/mol. The molecule has 0 aromatic heterocycles. The summed E-state index contributed by atoms with van der Waals surface area (Å²) in [6, 6.07) is 5.72. The third kappa shape index (κ3) is 3.09. The van der Waals surface area contributed by atoms with E-state index in [0.29, 0.717) is 5.92 Å². The number of rotatable bonds is 4. The number of phenols is 1. The minimum absolute atomic E-state index is 0.0557. The molecule has 0 bridgehead atoms. The maximum Gasteiger partial charge on any atom is 0.303 e. The van der Waals surface area contributed by atoms with E-state index in [1.165, 1.54) is 0 Å². The number of hydrogen-bond acceptors (Lipinski definition) is 2. The third-order valence-corrected chi connectivity index (χ3v) is 3.86. The number of phenolic OH excluding ortho intramolecular Hbond substituents is 1. The van der Waals surface area contributed by atoms with E-state index in [4.69, 9.17) is 5.11 Å². The highest BCUT2D eigenvalue weighted by molar-refractivity contribution is 5.68. The Morgan fingerprint density at radius 2 is 2.00 bits per heavy atom. The van der Waals surface area contributed by atoms with Gasteiger partial charge in [0.05, 0.1) is 6.42 Å². The quantitative estimate of drug-likeness (QED) is 0.870. The number of carboxylic acids is 1. The molecule has 2 rings (SSSR count). The van der Waals surface area contributed by atoms with Crippen molar-refractivity contribution in [3.63, 3.8) is 0 Å². The number of para-hydroxylation sites is 1. The van der Waals surface area contributed by atoms with Crippen LogP contribution in [0.5, 0.6) is 5.75 Å². The second kappa shape index (κ2) is 4.87. The van der Waals surface area contributed by atoms with Gasteiger partial charge in [-0.2, -0.15) is 0 Å². The largest absolute Gasteiger partial charge is 0.507 e. The van der Waals surface area contributed by atoms with Gasteiger partial charge in [0.25, 0.3) is 0 Å². The van der Waals surface area contributed by atoms with Crippen molar-refractivity contribution in [2.24, 2.45) is 5.92 Å². The summed E-state index contributed by atoms with van der Waals surface area (Å²) in [4.78, 5) is 11.0. The topological polar surface area (TPSA) is 57.5 Å². The molecule has 1 aromatic carbocycles. The molecular weight excluding hydrogens is 240 g/mol. The Labute approximate surface area is 114 Å². The fourth-order valence-corrected chi connectivity index (χ4v) is 2.68. The van der Waals surface area contributed by atoms with Gasteiger partial charge in [0, 0.05) is 5.92 Å². The van der Waals surface area contributed by atoms with Gasteiger partial charge < -0.3 is 10.2 Å². The second-order valence-electron chi connectivity index (χ2n) is 6.54. The van der Waals surface area contributed by atoms with E-state index in [1.54, 1.807) is 0 Å². The maximum atomic E-state index is 11.0. The van der Waals surface area contributed by atoms with Gasteiger partial charge in [-0.25, -0.2) is 0 Å². The van der Waals surface area contributed by atoms with E-state index in [2.05, 4.69) is 20.8 Å². The molecule has 0 amide bonds. The lowest BCUT2D eigenvalue weighted by molar-refractivity contribution is -0.137. The Bertz CT molecular complexity index is 481. The summed E-state index contributed by atoms with van der Waals surface area (Å²) >= 11 is 0. The number of aliphatic carboxylic acids is 1. The highest BCUT2D eigenvalue weighted by atomic mass is 16.4. The van der Waals surface area contributed by atoms with Crippen molar-refractivity contribution < 1.29 is 15.0 Å². The highest BCUT2D eigenvalue weighted by Gasteiger charge is 2.36. The van der Waals surface area contributed by atoms with E-state index in [0.717, 1.165) is 24.0 Å². The van der Waals surface area contributed by atoms with Crippen LogP contribution in [0.1, 0.15) is 57.1 Å². The standard InChI is InChI=1S/C16H22O3/c1-16(2,3)13-6-4-5-11(15(13)19)12(9-14(17)18)10-7-8-10/h4-6,10,12,19H,7-9H2,1-3H3,(H,17,18). The first-order valence-electron chi connectivity index (χ1n) is 6.85.